The zero-order chi connectivity index (χ0) is 14.2. The van der Waals surface area contributed by atoms with E-state index < -0.39 is 0 Å². The highest BCUT2D eigenvalue weighted by Gasteiger charge is 2.35. The largest absolute Gasteiger partial charge is 0.237 e. The van der Waals surface area contributed by atoms with Gasteiger partial charge in [0, 0.05) is 6.20 Å². The van der Waals surface area contributed by atoms with E-state index in [0.29, 0.717) is 11.3 Å². The van der Waals surface area contributed by atoms with Crippen LogP contribution in [0.25, 0.3) is 5.82 Å². The van der Waals surface area contributed by atoms with Crippen LogP contribution >= 0.6 is 0 Å². The number of aryl methyl sites for hydroxylation is 1. The summed E-state index contributed by atoms with van der Waals surface area (Å²) in [6.07, 6.45) is 8.46. The molecule has 0 spiro atoms. The number of hydrogen-bond acceptors (Lipinski definition) is 4. The maximum atomic E-state index is 4.54. The van der Waals surface area contributed by atoms with E-state index in [9.17, 15) is 0 Å². The smallest absolute Gasteiger partial charge is 0.157 e. The van der Waals surface area contributed by atoms with Gasteiger partial charge >= 0.3 is 0 Å². The van der Waals surface area contributed by atoms with Gasteiger partial charge in [-0.2, -0.15) is 4.68 Å². The van der Waals surface area contributed by atoms with Crippen LogP contribution in [0.5, 0.6) is 0 Å². The minimum atomic E-state index is 0.345. The Bertz CT molecular complexity index is 588. The number of tetrazole rings is 1. The zero-order valence-electron chi connectivity index (χ0n) is 12.4. The quantitative estimate of drug-likeness (QED) is 0.858. The van der Waals surface area contributed by atoms with Crippen LogP contribution in [0.15, 0.2) is 18.6 Å². The maximum absolute atomic E-state index is 4.54. The van der Waals surface area contributed by atoms with Crippen molar-refractivity contribution in [1.29, 1.82) is 0 Å². The van der Waals surface area contributed by atoms with Crippen LogP contribution in [0, 0.1) is 5.41 Å². The normalized spacial score (nSPS) is 18.2. The van der Waals surface area contributed by atoms with Crippen LogP contribution in [-0.2, 0) is 6.42 Å². The number of fused-ring (bicyclic) bond motifs is 1. The molecule has 0 bridgehead atoms. The van der Waals surface area contributed by atoms with Gasteiger partial charge in [-0.05, 0) is 58.2 Å². The monoisotopic (exact) mass is 271 g/mol. The first-order valence-corrected chi connectivity index (χ1v) is 7.34. The Morgan fingerprint density at radius 2 is 2.25 bits per heavy atom. The third-order valence-corrected chi connectivity index (χ3v) is 4.51. The summed E-state index contributed by atoms with van der Waals surface area (Å²) in [7, 11) is 0. The molecule has 1 unspecified atom stereocenters. The van der Waals surface area contributed by atoms with E-state index >= 15 is 0 Å². The van der Waals surface area contributed by atoms with Crippen molar-refractivity contribution in [1.82, 2.24) is 25.2 Å². The summed E-state index contributed by atoms with van der Waals surface area (Å²) in [4.78, 5) is 4.54. The molecular formula is C15H21N5. The molecule has 1 atom stereocenters. The van der Waals surface area contributed by atoms with Gasteiger partial charge in [0.05, 0.1) is 0 Å². The van der Waals surface area contributed by atoms with Crippen molar-refractivity contribution >= 4 is 0 Å². The first-order chi connectivity index (χ1) is 9.62. The number of aromatic nitrogens is 5. The Morgan fingerprint density at radius 1 is 1.40 bits per heavy atom. The molecule has 2 aromatic rings. The van der Waals surface area contributed by atoms with E-state index in [1.54, 1.807) is 11.0 Å². The van der Waals surface area contributed by atoms with Crippen LogP contribution in [0.2, 0.25) is 0 Å². The van der Waals surface area contributed by atoms with Crippen molar-refractivity contribution in [2.24, 2.45) is 5.41 Å². The Labute approximate surface area is 119 Å². The van der Waals surface area contributed by atoms with Gasteiger partial charge in [0.15, 0.2) is 5.82 Å². The molecule has 5 nitrogen and oxygen atoms in total. The summed E-state index contributed by atoms with van der Waals surface area (Å²) >= 11 is 0. The van der Waals surface area contributed by atoms with Crippen molar-refractivity contribution in [3.63, 3.8) is 0 Å². The van der Waals surface area contributed by atoms with Gasteiger partial charge in [-0.15, -0.1) is 5.10 Å². The average molecular weight is 271 g/mol. The summed E-state index contributed by atoms with van der Waals surface area (Å²) in [6.45, 7) is 7.02. The standard InChI is InChI=1S/C15H21N5/c1-4-7-15(2,3)13-6-5-11-8-14(16-9-12(11)13)20-10-17-18-19-20/h8-10,13H,4-7H2,1-3H3. The number of pyridine rings is 1. The molecular weight excluding hydrogens is 250 g/mol. The highest BCUT2D eigenvalue weighted by Crippen LogP contribution is 2.47. The molecule has 0 amide bonds. The van der Waals surface area contributed by atoms with Crippen LogP contribution in [0.4, 0.5) is 0 Å². The van der Waals surface area contributed by atoms with Crippen molar-refractivity contribution in [3.8, 4) is 5.82 Å². The zero-order valence-corrected chi connectivity index (χ0v) is 12.4. The molecule has 2 heterocycles. The van der Waals surface area contributed by atoms with E-state index in [4.69, 9.17) is 0 Å². The van der Waals surface area contributed by atoms with Gasteiger partial charge in [-0.25, -0.2) is 4.98 Å². The molecule has 0 aromatic carbocycles. The highest BCUT2D eigenvalue weighted by atomic mass is 15.5. The lowest BCUT2D eigenvalue weighted by Crippen LogP contribution is -2.20. The van der Waals surface area contributed by atoms with Crippen molar-refractivity contribution in [2.45, 2.75) is 52.4 Å². The number of hydrogen-bond donors (Lipinski definition) is 0. The number of nitrogens with zero attached hydrogens (tertiary/aromatic N) is 5. The molecule has 0 fully saturated rings. The van der Waals surface area contributed by atoms with Crippen LogP contribution in [0.1, 0.15) is 57.1 Å². The summed E-state index contributed by atoms with van der Waals surface area (Å²) in [6, 6.07) is 2.13. The Morgan fingerprint density at radius 3 is 2.95 bits per heavy atom. The predicted molar refractivity (Wildman–Crippen MR) is 76.7 cm³/mol. The van der Waals surface area contributed by atoms with Crippen molar-refractivity contribution < 1.29 is 0 Å². The Kier molecular flexibility index (Phi) is 3.28. The minimum Gasteiger partial charge on any atom is -0.237 e. The summed E-state index contributed by atoms with van der Waals surface area (Å²) in [5.41, 5.74) is 3.16. The average Bonchev–Trinajstić information content (AvgIpc) is 3.07. The minimum absolute atomic E-state index is 0.345. The van der Waals surface area contributed by atoms with Crippen molar-refractivity contribution in [3.05, 3.63) is 29.7 Å². The lowest BCUT2D eigenvalue weighted by molar-refractivity contribution is 0.257. The second kappa shape index (κ2) is 4.96. The van der Waals surface area contributed by atoms with E-state index in [1.165, 1.54) is 30.4 Å². The molecule has 0 saturated heterocycles. The third-order valence-electron chi connectivity index (χ3n) is 4.51. The first kappa shape index (κ1) is 13.2. The molecule has 2 aromatic heterocycles. The van der Waals surface area contributed by atoms with Gasteiger partial charge in [0.25, 0.3) is 0 Å². The molecule has 106 valence electrons. The summed E-state index contributed by atoms with van der Waals surface area (Å²) in [5, 5.41) is 11.2. The van der Waals surface area contributed by atoms with Gasteiger partial charge in [0.2, 0.25) is 0 Å². The second-order valence-corrected chi connectivity index (χ2v) is 6.33. The molecule has 0 radical (unpaired) electrons. The Hall–Kier alpha value is -1.78. The molecule has 1 aliphatic carbocycles. The fourth-order valence-corrected chi connectivity index (χ4v) is 3.50. The molecule has 20 heavy (non-hydrogen) atoms. The highest BCUT2D eigenvalue weighted by molar-refractivity contribution is 5.39. The molecule has 0 saturated carbocycles. The maximum Gasteiger partial charge on any atom is 0.157 e. The molecule has 0 aliphatic heterocycles. The molecule has 3 rings (SSSR count). The van der Waals surface area contributed by atoms with Crippen molar-refractivity contribution in [2.75, 3.05) is 0 Å². The topological polar surface area (TPSA) is 56.5 Å². The van der Waals surface area contributed by atoms with E-state index in [1.807, 2.05) is 6.20 Å². The fourth-order valence-electron chi connectivity index (χ4n) is 3.50. The SMILES string of the molecule is CCCC(C)(C)C1CCc2cc(-n3cnnn3)ncc21. The van der Waals surface area contributed by atoms with Gasteiger partial charge in [0.1, 0.15) is 6.33 Å². The van der Waals surface area contributed by atoms with Gasteiger partial charge in [-0.1, -0.05) is 27.2 Å². The van der Waals surface area contributed by atoms with E-state index in [-0.39, 0.29) is 0 Å². The van der Waals surface area contributed by atoms with Gasteiger partial charge in [-0.3, -0.25) is 0 Å². The summed E-state index contributed by atoms with van der Waals surface area (Å²) < 4.78 is 1.62. The fraction of sp³-hybridized carbons (Fsp3) is 0.600. The second-order valence-electron chi connectivity index (χ2n) is 6.33. The van der Waals surface area contributed by atoms with E-state index in [0.717, 1.165) is 12.2 Å². The number of rotatable bonds is 4. The summed E-state index contributed by atoms with van der Waals surface area (Å²) in [5.74, 6) is 1.43. The Balaban J connectivity index is 1.92. The molecule has 1 aliphatic rings. The molecule has 0 N–H and O–H groups in total. The van der Waals surface area contributed by atoms with Crippen LogP contribution in [0.3, 0.4) is 0 Å². The van der Waals surface area contributed by atoms with Gasteiger partial charge < -0.3 is 0 Å². The van der Waals surface area contributed by atoms with Crippen LogP contribution in [-0.4, -0.2) is 25.2 Å². The first-order valence-electron chi connectivity index (χ1n) is 7.34. The van der Waals surface area contributed by atoms with Crippen LogP contribution < -0.4 is 0 Å². The lowest BCUT2D eigenvalue weighted by atomic mass is 9.73. The molecule has 5 heteroatoms. The van der Waals surface area contributed by atoms with E-state index in [2.05, 4.69) is 47.3 Å². The predicted octanol–water partition coefficient (Wildman–Crippen LogP) is 2.91. The third kappa shape index (κ3) is 2.21. The lowest BCUT2D eigenvalue weighted by Gasteiger charge is -2.32.